The summed E-state index contributed by atoms with van der Waals surface area (Å²) in [6.07, 6.45) is 0. The number of benzene rings is 2. The Balaban J connectivity index is 2.19. The van der Waals surface area contributed by atoms with Gasteiger partial charge in [-0.15, -0.1) is 0 Å². The summed E-state index contributed by atoms with van der Waals surface area (Å²) in [5, 5.41) is 3.77. The topological polar surface area (TPSA) is 60.0 Å². The molecule has 0 aliphatic carbocycles. The summed E-state index contributed by atoms with van der Waals surface area (Å²) in [5.41, 5.74) is 2.77. The van der Waals surface area contributed by atoms with Crippen molar-refractivity contribution in [2.45, 2.75) is 19.9 Å². The first kappa shape index (κ1) is 20.7. The van der Waals surface area contributed by atoms with Gasteiger partial charge < -0.3 is 19.5 Å². The number of carbonyl (C=O) groups is 1. The fourth-order valence-electron chi connectivity index (χ4n) is 3.48. The quantitative estimate of drug-likeness (QED) is 0.569. The Morgan fingerprint density at radius 2 is 1.83 bits per heavy atom. The third-order valence-electron chi connectivity index (χ3n) is 4.74. The minimum atomic E-state index is -0.536. The smallest absolute Gasteiger partial charge is 0.338 e. The van der Waals surface area contributed by atoms with E-state index in [1.807, 2.05) is 54.3 Å². The van der Waals surface area contributed by atoms with E-state index in [2.05, 4.69) is 5.32 Å². The molecule has 0 amide bonds. The zero-order valence-electron chi connectivity index (χ0n) is 16.9. The van der Waals surface area contributed by atoms with Gasteiger partial charge in [-0.3, -0.25) is 4.90 Å². The number of rotatable bonds is 6. The van der Waals surface area contributed by atoms with Crippen LogP contribution >= 0.6 is 12.2 Å². The molecule has 1 heterocycles. The van der Waals surface area contributed by atoms with Crippen LogP contribution in [-0.2, 0) is 9.53 Å². The van der Waals surface area contributed by atoms with Crippen LogP contribution in [0.1, 0.15) is 25.5 Å². The highest BCUT2D eigenvalue weighted by molar-refractivity contribution is 7.80. The predicted octanol–water partition coefficient (Wildman–Crippen LogP) is 3.98. The summed E-state index contributed by atoms with van der Waals surface area (Å²) in [5.74, 6) is 0.706. The van der Waals surface area contributed by atoms with E-state index in [0.29, 0.717) is 27.9 Å². The van der Waals surface area contributed by atoms with Gasteiger partial charge in [-0.1, -0.05) is 30.3 Å². The number of nitrogens with one attached hydrogen (secondary N) is 1. The van der Waals surface area contributed by atoms with E-state index < -0.39 is 12.0 Å². The summed E-state index contributed by atoms with van der Waals surface area (Å²) in [6.45, 7) is 3.92. The first-order chi connectivity index (χ1) is 14.0. The normalized spacial score (nSPS) is 16.3. The molecule has 0 saturated carbocycles. The van der Waals surface area contributed by atoms with E-state index in [-0.39, 0.29) is 6.61 Å². The standard InChI is InChI=1S/C22H24N2O4S/c1-5-28-21(25)18-14(2)24(15-10-7-6-8-11-15)22(29)23-19(18)16-12-9-13-17(26-3)20(16)27-4/h6-13,19H,5H2,1-4H3,(H,23,29)/t19-/m0/s1. The molecule has 6 nitrogen and oxygen atoms in total. The Kier molecular flexibility index (Phi) is 6.39. The molecular weight excluding hydrogens is 388 g/mol. The second-order valence-electron chi connectivity index (χ2n) is 6.36. The fraction of sp³-hybridized carbons (Fsp3) is 0.273. The maximum atomic E-state index is 13.0. The van der Waals surface area contributed by atoms with Crippen LogP contribution < -0.4 is 19.7 Å². The average molecular weight is 413 g/mol. The number of esters is 1. The number of ether oxygens (including phenoxy) is 3. The molecule has 1 atom stereocenters. The minimum Gasteiger partial charge on any atom is -0.493 e. The largest absolute Gasteiger partial charge is 0.493 e. The molecule has 0 aromatic heterocycles. The first-order valence-electron chi connectivity index (χ1n) is 9.27. The molecule has 0 radical (unpaired) electrons. The Bertz CT molecular complexity index is 943. The Hall–Kier alpha value is -3.06. The van der Waals surface area contributed by atoms with Crippen molar-refractivity contribution in [3.05, 3.63) is 65.4 Å². The molecule has 1 aliphatic heterocycles. The van der Waals surface area contributed by atoms with Crippen LogP contribution in [0.3, 0.4) is 0 Å². The van der Waals surface area contributed by atoms with Gasteiger partial charge in [0.1, 0.15) is 0 Å². The maximum absolute atomic E-state index is 13.0. The summed E-state index contributed by atoms with van der Waals surface area (Å²) in [4.78, 5) is 14.8. The van der Waals surface area contributed by atoms with Crippen LogP contribution in [0.5, 0.6) is 11.5 Å². The molecule has 0 bridgehead atoms. The Labute approximate surface area is 176 Å². The van der Waals surface area contributed by atoms with Crippen LogP contribution in [0.15, 0.2) is 59.8 Å². The molecule has 3 rings (SSSR count). The number of nitrogens with zero attached hydrogens (tertiary/aromatic N) is 1. The number of hydrogen-bond donors (Lipinski definition) is 1. The maximum Gasteiger partial charge on any atom is 0.338 e. The van der Waals surface area contributed by atoms with Crippen molar-refractivity contribution in [2.24, 2.45) is 0 Å². The van der Waals surface area contributed by atoms with Crippen LogP contribution in [0.2, 0.25) is 0 Å². The van der Waals surface area contributed by atoms with Gasteiger partial charge in [-0.25, -0.2) is 4.79 Å². The van der Waals surface area contributed by atoms with Gasteiger partial charge in [0.15, 0.2) is 16.6 Å². The molecule has 0 spiro atoms. The fourth-order valence-corrected chi connectivity index (χ4v) is 3.84. The van der Waals surface area contributed by atoms with Crippen molar-refractivity contribution in [3.8, 4) is 11.5 Å². The molecular formula is C22H24N2O4S. The number of hydrogen-bond acceptors (Lipinski definition) is 5. The Morgan fingerprint density at radius 3 is 2.45 bits per heavy atom. The van der Waals surface area contributed by atoms with E-state index in [9.17, 15) is 4.79 Å². The van der Waals surface area contributed by atoms with Crippen molar-refractivity contribution >= 4 is 29.0 Å². The van der Waals surface area contributed by atoms with E-state index in [1.54, 1.807) is 27.2 Å². The molecule has 152 valence electrons. The predicted molar refractivity (Wildman–Crippen MR) is 116 cm³/mol. The van der Waals surface area contributed by atoms with E-state index in [4.69, 9.17) is 26.4 Å². The highest BCUT2D eigenvalue weighted by Gasteiger charge is 2.37. The molecule has 0 unspecified atom stereocenters. The Morgan fingerprint density at radius 1 is 1.10 bits per heavy atom. The SMILES string of the molecule is CCOC(=O)C1=C(C)N(c2ccccc2)C(=S)N[C@H]1c1cccc(OC)c1OC. The van der Waals surface area contributed by atoms with Crippen LogP contribution in [-0.4, -0.2) is 31.9 Å². The van der Waals surface area contributed by atoms with Gasteiger partial charge in [0.05, 0.1) is 32.4 Å². The molecule has 1 N–H and O–H groups in total. The van der Waals surface area contributed by atoms with E-state index in [0.717, 1.165) is 11.3 Å². The lowest BCUT2D eigenvalue weighted by Crippen LogP contribution is -2.48. The molecule has 2 aromatic rings. The molecule has 7 heteroatoms. The number of carbonyl (C=O) groups excluding carboxylic acids is 1. The lowest BCUT2D eigenvalue weighted by Gasteiger charge is -2.38. The van der Waals surface area contributed by atoms with Gasteiger partial charge >= 0.3 is 5.97 Å². The van der Waals surface area contributed by atoms with Crippen LogP contribution in [0, 0.1) is 0 Å². The second-order valence-corrected chi connectivity index (χ2v) is 6.74. The monoisotopic (exact) mass is 412 g/mol. The zero-order chi connectivity index (χ0) is 21.0. The highest BCUT2D eigenvalue weighted by atomic mass is 32.1. The number of allylic oxidation sites excluding steroid dienone is 1. The van der Waals surface area contributed by atoms with Crippen molar-refractivity contribution < 1.29 is 19.0 Å². The summed E-state index contributed by atoms with van der Waals surface area (Å²) >= 11 is 5.66. The molecule has 1 aliphatic rings. The summed E-state index contributed by atoms with van der Waals surface area (Å²) in [6, 6.07) is 14.7. The molecule has 0 saturated heterocycles. The average Bonchev–Trinajstić information content (AvgIpc) is 2.73. The van der Waals surface area contributed by atoms with Crippen LogP contribution in [0.25, 0.3) is 0 Å². The van der Waals surface area contributed by atoms with Crippen LogP contribution in [0.4, 0.5) is 5.69 Å². The van der Waals surface area contributed by atoms with E-state index >= 15 is 0 Å². The van der Waals surface area contributed by atoms with Gasteiger partial charge in [0.2, 0.25) is 0 Å². The highest BCUT2D eigenvalue weighted by Crippen LogP contribution is 2.41. The zero-order valence-corrected chi connectivity index (χ0v) is 17.7. The lowest BCUT2D eigenvalue weighted by molar-refractivity contribution is -0.139. The molecule has 29 heavy (non-hydrogen) atoms. The lowest BCUT2D eigenvalue weighted by atomic mass is 9.93. The van der Waals surface area contributed by atoms with Crippen molar-refractivity contribution in [2.75, 3.05) is 25.7 Å². The molecule has 0 fully saturated rings. The number of methoxy groups -OCH3 is 2. The van der Waals surface area contributed by atoms with Crippen molar-refractivity contribution in [3.63, 3.8) is 0 Å². The second kappa shape index (κ2) is 8.96. The number of thiocarbonyl (C=S) groups is 1. The van der Waals surface area contributed by atoms with Gasteiger partial charge in [-0.05, 0) is 44.3 Å². The van der Waals surface area contributed by atoms with Gasteiger partial charge in [0, 0.05) is 16.9 Å². The van der Waals surface area contributed by atoms with Crippen molar-refractivity contribution in [1.29, 1.82) is 0 Å². The third kappa shape index (κ3) is 3.91. The minimum absolute atomic E-state index is 0.271. The first-order valence-corrected chi connectivity index (χ1v) is 9.68. The molecule has 2 aromatic carbocycles. The number of anilines is 1. The van der Waals surface area contributed by atoms with Gasteiger partial charge in [-0.2, -0.15) is 0 Å². The summed E-state index contributed by atoms with van der Waals surface area (Å²) in [7, 11) is 3.14. The van der Waals surface area contributed by atoms with Gasteiger partial charge in [0.25, 0.3) is 0 Å². The summed E-state index contributed by atoms with van der Waals surface area (Å²) < 4.78 is 16.4. The third-order valence-corrected chi connectivity index (χ3v) is 5.04. The number of para-hydroxylation sites is 2. The van der Waals surface area contributed by atoms with E-state index in [1.165, 1.54) is 0 Å². The van der Waals surface area contributed by atoms with Crippen molar-refractivity contribution in [1.82, 2.24) is 5.32 Å².